The first-order chi connectivity index (χ1) is 15.0. The number of benzene rings is 3. The first kappa shape index (κ1) is 20.6. The molecule has 0 aliphatic carbocycles. The zero-order chi connectivity index (χ0) is 22.0. The Morgan fingerprint density at radius 3 is 2.39 bits per heavy atom. The monoisotopic (exact) mass is 414 g/mol. The molecule has 0 amide bonds. The average Bonchev–Trinajstić information content (AvgIpc) is 3.12. The molecule has 6 nitrogen and oxygen atoms in total. The first-order valence-corrected chi connectivity index (χ1v) is 10.4. The number of rotatable bonds is 6. The van der Waals surface area contributed by atoms with E-state index in [4.69, 9.17) is 4.74 Å². The van der Waals surface area contributed by atoms with Crippen molar-refractivity contribution in [1.82, 2.24) is 19.8 Å². The van der Waals surface area contributed by atoms with Gasteiger partial charge in [-0.3, -0.25) is 0 Å². The molecule has 0 spiro atoms. The molecule has 3 aromatic carbocycles. The van der Waals surface area contributed by atoms with Crippen molar-refractivity contribution < 1.29 is 4.74 Å². The summed E-state index contributed by atoms with van der Waals surface area (Å²) in [5.74, 6) is 0.834. The van der Waals surface area contributed by atoms with Gasteiger partial charge in [0, 0.05) is 12.6 Å². The van der Waals surface area contributed by atoms with Gasteiger partial charge in [0.2, 0.25) is 0 Å². The van der Waals surface area contributed by atoms with Crippen molar-refractivity contribution in [2.75, 3.05) is 0 Å². The van der Waals surface area contributed by atoms with Crippen molar-refractivity contribution in [1.29, 1.82) is 0 Å². The van der Waals surface area contributed by atoms with Gasteiger partial charge in [0.1, 0.15) is 12.4 Å². The largest absolute Gasteiger partial charge is 0.489 e. The highest BCUT2D eigenvalue weighted by Crippen LogP contribution is 2.31. The molecule has 0 unspecified atom stereocenters. The highest BCUT2D eigenvalue weighted by Gasteiger charge is 2.15. The lowest BCUT2D eigenvalue weighted by molar-refractivity contribution is 0.302. The van der Waals surface area contributed by atoms with E-state index < -0.39 is 0 Å². The maximum absolute atomic E-state index is 12.4. The normalized spacial score (nSPS) is 11.0. The van der Waals surface area contributed by atoms with Crippen molar-refractivity contribution in [2.45, 2.75) is 33.8 Å². The fourth-order valence-electron chi connectivity index (χ4n) is 3.81. The predicted octanol–water partition coefficient (Wildman–Crippen LogP) is 4.39. The van der Waals surface area contributed by atoms with Crippen LogP contribution in [0.3, 0.4) is 0 Å². The molecular weight excluding hydrogens is 388 g/mol. The minimum Gasteiger partial charge on any atom is -0.489 e. The summed E-state index contributed by atoms with van der Waals surface area (Å²) >= 11 is 0. The van der Waals surface area contributed by atoms with Gasteiger partial charge in [-0.2, -0.15) is 9.36 Å². The van der Waals surface area contributed by atoms with Crippen molar-refractivity contribution in [3.8, 4) is 22.6 Å². The van der Waals surface area contributed by atoms with E-state index in [1.807, 2.05) is 30.3 Å². The SMILES string of the molecule is CCc1cccc(-n2nnn(C)c2=O)c1COc1cc(C)c(-c2ccccc2)cc1C. The Bertz CT molecular complexity index is 1270. The van der Waals surface area contributed by atoms with E-state index in [9.17, 15) is 4.79 Å². The smallest absolute Gasteiger partial charge is 0.368 e. The van der Waals surface area contributed by atoms with Crippen LogP contribution in [0.4, 0.5) is 0 Å². The quantitative estimate of drug-likeness (QED) is 0.469. The molecule has 4 rings (SSSR count). The van der Waals surface area contributed by atoms with Crippen molar-refractivity contribution in [2.24, 2.45) is 7.05 Å². The van der Waals surface area contributed by atoms with Crippen LogP contribution in [0.2, 0.25) is 0 Å². The highest BCUT2D eigenvalue weighted by molar-refractivity contribution is 5.69. The van der Waals surface area contributed by atoms with Crippen molar-refractivity contribution in [3.05, 3.63) is 93.4 Å². The Morgan fingerprint density at radius 1 is 0.935 bits per heavy atom. The molecule has 6 heteroatoms. The summed E-state index contributed by atoms with van der Waals surface area (Å²) in [5.41, 5.74) is 7.09. The van der Waals surface area contributed by atoms with Gasteiger partial charge in [0.05, 0.1) is 5.69 Å². The summed E-state index contributed by atoms with van der Waals surface area (Å²) in [7, 11) is 1.59. The predicted molar refractivity (Wildman–Crippen MR) is 122 cm³/mol. The van der Waals surface area contributed by atoms with Gasteiger partial charge in [-0.05, 0) is 76.7 Å². The van der Waals surface area contributed by atoms with Crippen LogP contribution in [0.1, 0.15) is 29.2 Å². The summed E-state index contributed by atoms with van der Waals surface area (Å²) in [6.45, 7) is 6.58. The molecule has 0 saturated carbocycles. The van der Waals surface area contributed by atoms with Gasteiger partial charge in [-0.1, -0.05) is 49.4 Å². The second-order valence-electron chi connectivity index (χ2n) is 7.65. The average molecular weight is 415 g/mol. The lowest BCUT2D eigenvalue weighted by atomic mass is 9.98. The van der Waals surface area contributed by atoms with Crippen molar-refractivity contribution >= 4 is 0 Å². The summed E-state index contributed by atoms with van der Waals surface area (Å²) in [5, 5.41) is 7.86. The molecule has 4 aromatic rings. The molecule has 0 radical (unpaired) electrons. The Hall–Kier alpha value is -3.67. The van der Waals surface area contributed by atoms with Gasteiger partial charge in [-0.25, -0.2) is 4.79 Å². The molecular formula is C25H26N4O2. The maximum Gasteiger partial charge on any atom is 0.368 e. The van der Waals surface area contributed by atoms with Crippen LogP contribution < -0.4 is 10.4 Å². The number of hydrogen-bond donors (Lipinski definition) is 0. The van der Waals surface area contributed by atoms with E-state index in [-0.39, 0.29) is 5.69 Å². The van der Waals surface area contributed by atoms with E-state index in [2.05, 4.69) is 61.5 Å². The molecule has 1 aromatic heterocycles. The number of aryl methyl sites for hydroxylation is 4. The fourth-order valence-corrected chi connectivity index (χ4v) is 3.81. The first-order valence-electron chi connectivity index (χ1n) is 10.4. The van der Waals surface area contributed by atoms with E-state index in [1.54, 1.807) is 7.05 Å². The number of nitrogens with zero attached hydrogens (tertiary/aromatic N) is 4. The molecule has 0 atom stereocenters. The fraction of sp³-hybridized carbons (Fsp3) is 0.240. The minimum absolute atomic E-state index is 0.284. The van der Waals surface area contributed by atoms with Crippen molar-refractivity contribution in [3.63, 3.8) is 0 Å². The topological polar surface area (TPSA) is 61.9 Å². The number of aromatic nitrogens is 4. The maximum atomic E-state index is 12.4. The zero-order valence-corrected chi connectivity index (χ0v) is 18.3. The second kappa shape index (κ2) is 8.60. The minimum atomic E-state index is -0.284. The molecule has 0 aliphatic heterocycles. The number of hydrogen-bond acceptors (Lipinski definition) is 4. The third kappa shape index (κ3) is 4.01. The van der Waals surface area contributed by atoms with E-state index in [0.717, 1.165) is 34.4 Å². The molecule has 1 heterocycles. The highest BCUT2D eigenvalue weighted by atomic mass is 16.5. The number of tetrazole rings is 1. The van der Waals surface area contributed by atoms with Crippen LogP contribution in [0.5, 0.6) is 5.75 Å². The van der Waals surface area contributed by atoms with E-state index in [1.165, 1.54) is 20.5 Å². The summed E-state index contributed by atoms with van der Waals surface area (Å²) in [4.78, 5) is 12.4. The van der Waals surface area contributed by atoms with Gasteiger partial charge < -0.3 is 4.74 Å². The molecule has 158 valence electrons. The summed E-state index contributed by atoms with van der Waals surface area (Å²) < 4.78 is 8.82. The van der Waals surface area contributed by atoms with Crippen LogP contribution in [-0.4, -0.2) is 19.8 Å². The van der Waals surface area contributed by atoms with Crippen LogP contribution >= 0.6 is 0 Å². The van der Waals surface area contributed by atoms with Gasteiger partial charge in [0.25, 0.3) is 0 Å². The third-order valence-electron chi connectivity index (χ3n) is 5.56. The van der Waals surface area contributed by atoms with Crippen LogP contribution in [0, 0.1) is 13.8 Å². The number of ether oxygens (including phenoxy) is 1. The van der Waals surface area contributed by atoms with E-state index >= 15 is 0 Å². The second-order valence-corrected chi connectivity index (χ2v) is 7.65. The molecule has 0 aliphatic rings. The van der Waals surface area contributed by atoms with Crippen LogP contribution in [0.25, 0.3) is 16.8 Å². The Labute approximate surface area is 181 Å². The summed E-state index contributed by atoms with van der Waals surface area (Å²) in [6.07, 6.45) is 0.826. The Morgan fingerprint density at radius 2 is 1.71 bits per heavy atom. The molecule has 31 heavy (non-hydrogen) atoms. The molecule has 0 N–H and O–H groups in total. The lowest BCUT2D eigenvalue weighted by Gasteiger charge is -2.17. The lowest BCUT2D eigenvalue weighted by Crippen LogP contribution is -2.23. The molecule has 0 bridgehead atoms. The molecule has 0 saturated heterocycles. The Balaban J connectivity index is 1.68. The van der Waals surface area contributed by atoms with Crippen LogP contribution in [-0.2, 0) is 20.1 Å². The summed E-state index contributed by atoms with van der Waals surface area (Å²) in [6, 6.07) is 20.5. The Kier molecular flexibility index (Phi) is 5.71. The van der Waals surface area contributed by atoms with Crippen LogP contribution in [0.15, 0.2) is 65.5 Å². The van der Waals surface area contributed by atoms with Gasteiger partial charge in [0.15, 0.2) is 0 Å². The zero-order valence-electron chi connectivity index (χ0n) is 18.3. The molecule has 0 fully saturated rings. The van der Waals surface area contributed by atoms with Gasteiger partial charge in [-0.15, -0.1) is 0 Å². The standard InChI is InChI=1S/C25H26N4O2/c1-5-19-12-9-13-23(29-25(30)28(4)26-27-29)22(19)16-31-24-15-17(2)21(14-18(24)3)20-10-7-6-8-11-20/h6-15H,5,16H2,1-4H3. The van der Waals surface area contributed by atoms with E-state index in [0.29, 0.717) is 12.3 Å². The van der Waals surface area contributed by atoms with Gasteiger partial charge >= 0.3 is 5.69 Å². The third-order valence-corrected chi connectivity index (χ3v) is 5.56.